The minimum Gasteiger partial charge on any atom is -0.512 e. The molecule has 1 aromatic heterocycles. The van der Waals surface area contributed by atoms with E-state index in [-0.39, 0.29) is 70.3 Å². The number of ether oxygens (including phenoxy) is 2. The number of hydrogen-bond acceptors (Lipinski definition) is 8. The molecular formula is C15H22O8Y. The molecule has 0 bridgehead atoms. The Bertz CT molecular complexity index is 566. The van der Waals surface area contributed by atoms with Crippen molar-refractivity contribution in [2.75, 3.05) is 13.2 Å². The van der Waals surface area contributed by atoms with Crippen LogP contribution in [0.5, 0.6) is 0 Å². The summed E-state index contributed by atoms with van der Waals surface area (Å²) in [5.41, 5.74) is 1.38. The van der Waals surface area contributed by atoms with E-state index in [1.54, 1.807) is 0 Å². The Morgan fingerprint density at radius 2 is 1.88 bits per heavy atom. The molecule has 24 heavy (non-hydrogen) atoms. The fraction of sp³-hybridized carbons (Fsp3) is 0.467. The van der Waals surface area contributed by atoms with Gasteiger partial charge in [0.25, 0.3) is 0 Å². The first-order valence-electron chi connectivity index (χ1n) is 6.87. The maximum Gasteiger partial charge on any atom is 0.518 e. The van der Waals surface area contributed by atoms with Crippen molar-refractivity contribution in [1.82, 2.24) is 0 Å². The van der Waals surface area contributed by atoms with Gasteiger partial charge in [-0.3, -0.25) is 0 Å². The van der Waals surface area contributed by atoms with E-state index in [1.165, 1.54) is 5.57 Å². The molecule has 0 aromatic carbocycles. The Balaban J connectivity index is 0. The van der Waals surface area contributed by atoms with Crippen LogP contribution in [0.2, 0.25) is 0 Å². The van der Waals surface area contributed by atoms with Crippen molar-refractivity contribution in [2.24, 2.45) is 0 Å². The normalized spacial score (nSPS) is 9.88. The van der Waals surface area contributed by atoms with Crippen LogP contribution in [0.1, 0.15) is 33.0 Å². The molecular weight excluding hydrogens is 397 g/mol. The van der Waals surface area contributed by atoms with Gasteiger partial charge >= 0.3 is 12.0 Å². The fourth-order valence-electron chi connectivity index (χ4n) is 0.959. The smallest absolute Gasteiger partial charge is 0.512 e. The Morgan fingerprint density at radius 1 is 1.29 bits per heavy atom. The Morgan fingerprint density at radius 3 is 2.33 bits per heavy atom. The zero-order chi connectivity index (χ0) is 17.7. The Hall–Kier alpha value is -1.54. The minimum atomic E-state index is -0.924. The van der Waals surface area contributed by atoms with E-state index in [9.17, 15) is 9.59 Å². The summed E-state index contributed by atoms with van der Waals surface area (Å²) in [4.78, 5) is 21.5. The van der Waals surface area contributed by atoms with Crippen LogP contribution in [0, 0.1) is 0 Å². The second-order valence-corrected chi connectivity index (χ2v) is 4.49. The van der Waals surface area contributed by atoms with Crippen molar-refractivity contribution in [3.8, 4) is 0 Å². The van der Waals surface area contributed by atoms with E-state index >= 15 is 0 Å². The first kappa shape index (κ1) is 24.7. The van der Waals surface area contributed by atoms with Crippen LogP contribution in [-0.4, -0.2) is 29.6 Å². The summed E-state index contributed by atoms with van der Waals surface area (Å²) in [6.07, 6.45) is 2.97. The number of aliphatic hydroxyl groups excluding tert-OH is 2. The number of hydrogen-bond donors (Lipinski definition) is 2. The van der Waals surface area contributed by atoms with E-state index in [2.05, 4.69) is 38.2 Å². The van der Waals surface area contributed by atoms with Gasteiger partial charge < -0.3 is 28.5 Å². The largest absolute Gasteiger partial charge is 0.518 e. The average Bonchev–Trinajstić information content (AvgIpc) is 2.93. The van der Waals surface area contributed by atoms with Gasteiger partial charge in [-0.15, -0.1) is 0 Å². The summed E-state index contributed by atoms with van der Waals surface area (Å²) in [5, 5.41) is 17.2. The van der Waals surface area contributed by atoms with Crippen molar-refractivity contribution < 1.29 is 66.0 Å². The van der Waals surface area contributed by atoms with Crippen LogP contribution in [0.4, 0.5) is 4.79 Å². The van der Waals surface area contributed by atoms with Crippen molar-refractivity contribution in [1.29, 1.82) is 0 Å². The third-order valence-corrected chi connectivity index (χ3v) is 2.37. The number of aliphatic hydroxyl groups is 2. The summed E-state index contributed by atoms with van der Waals surface area (Å²) in [7, 11) is 0. The molecule has 0 unspecified atom stereocenters. The maximum atomic E-state index is 11.0. The Kier molecular flexibility index (Phi) is 15.5. The zero-order valence-electron chi connectivity index (χ0n) is 14.0. The molecule has 0 saturated carbocycles. The molecule has 0 fully saturated rings. The third-order valence-electron chi connectivity index (χ3n) is 2.37. The third kappa shape index (κ3) is 14.1. The topological polar surface area (TPSA) is 119 Å². The van der Waals surface area contributed by atoms with Crippen LogP contribution in [0.15, 0.2) is 43.6 Å². The molecule has 133 valence electrons. The van der Waals surface area contributed by atoms with E-state index in [1.807, 2.05) is 6.92 Å². The SMILES string of the molecule is CC=C(C)C.O=C(OCC/C(O)=C/O)OCCc1coc(=O)o1.[Y]. The number of allylic oxidation sites excluding steroid dienone is 2. The van der Waals surface area contributed by atoms with Crippen LogP contribution in [-0.2, 0) is 48.6 Å². The molecule has 2 N–H and O–H groups in total. The molecule has 1 aromatic rings. The standard InChI is InChI=1S/C10H12O8.C5H10.Y/c11-5-7(12)1-3-15-9(13)16-4-2-8-6-17-10(14)18-8;1-4-5(2)3;/h5-6,11-12H,1-4H2;4H,1-3H3;/b7-5-;;. The van der Waals surface area contributed by atoms with Gasteiger partial charge in [-0.2, -0.15) is 0 Å². The second-order valence-electron chi connectivity index (χ2n) is 4.49. The van der Waals surface area contributed by atoms with Gasteiger partial charge in [0.05, 0.1) is 0 Å². The van der Waals surface area contributed by atoms with Gasteiger partial charge in [-0.05, 0) is 20.8 Å². The molecule has 9 heteroatoms. The molecule has 0 aliphatic rings. The first-order chi connectivity index (χ1) is 10.9. The van der Waals surface area contributed by atoms with Crippen molar-refractivity contribution in [3.05, 3.63) is 46.3 Å². The quantitative estimate of drug-likeness (QED) is 0.410. The van der Waals surface area contributed by atoms with E-state index in [4.69, 9.17) is 10.2 Å². The van der Waals surface area contributed by atoms with Gasteiger partial charge in [0.1, 0.15) is 37.3 Å². The predicted molar refractivity (Wildman–Crippen MR) is 81.3 cm³/mol. The second kappa shape index (κ2) is 15.0. The van der Waals surface area contributed by atoms with E-state index < -0.39 is 12.0 Å². The van der Waals surface area contributed by atoms with Crippen molar-refractivity contribution >= 4 is 6.16 Å². The zero-order valence-corrected chi connectivity index (χ0v) is 16.8. The number of carbonyl (C=O) groups is 1. The molecule has 0 aliphatic heterocycles. The average molecular weight is 419 g/mol. The summed E-state index contributed by atoms with van der Waals surface area (Å²) >= 11 is 0. The van der Waals surface area contributed by atoms with Gasteiger partial charge in [0, 0.05) is 45.6 Å². The van der Waals surface area contributed by atoms with E-state index in [0.29, 0.717) is 6.26 Å². The molecule has 0 aliphatic carbocycles. The fourth-order valence-corrected chi connectivity index (χ4v) is 0.959. The molecule has 1 rings (SSSR count). The molecule has 0 saturated heterocycles. The van der Waals surface area contributed by atoms with Gasteiger partial charge in [0.2, 0.25) is 0 Å². The van der Waals surface area contributed by atoms with Gasteiger partial charge in [-0.1, -0.05) is 11.6 Å². The van der Waals surface area contributed by atoms with Crippen LogP contribution < -0.4 is 5.82 Å². The summed E-state index contributed by atoms with van der Waals surface area (Å²) in [6.45, 7) is 6.04. The molecule has 0 amide bonds. The first-order valence-corrected chi connectivity index (χ1v) is 6.87. The summed E-state index contributed by atoms with van der Waals surface area (Å²) in [5.74, 6) is -0.865. The Labute approximate surface area is 165 Å². The number of rotatable bonds is 6. The van der Waals surface area contributed by atoms with Crippen molar-refractivity contribution in [3.63, 3.8) is 0 Å². The molecule has 8 nitrogen and oxygen atoms in total. The van der Waals surface area contributed by atoms with Crippen LogP contribution >= 0.6 is 0 Å². The molecule has 1 radical (unpaired) electrons. The van der Waals surface area contributed by atoms with Crippen molar-refractivity contribution in [2.45, 2.75) is 33.6 Å². The van der Waals surface area contributed by atoms with E-state index in [0.717, 1.165) is 6.26 Å². The summed E-state index contributed by atoms with van der Waals surface area (Å²) < 4.78 is 18.2. The monoisotopic (exact) mass is 419 g/mol. The van der Waals surface area contributed by atoms with Gasteiger partial charge in [-0.25, -0.2) is 9.59 Å². The molecule has 0 spiro atoms. The van der Waals surface area contributed by atoms with Crippen LogP contribution in [0.3, 0.4) is 0 Å². The van der Waals surface area contributed by atoms with Gasteiger partial charge in [0.15, 0.2) is 0 Å². The minimum absolute atomic E-state index is 0. The predicted octanol–water partition coefficient (Wildman–Crippen LogP) is 3.25. The molecule has 1 heterocycles. The van der Waals surface area contributed by atoms with Crippen LogP contribution in [0.25, 0.3) is 0 Å². The number of carbonyl (C=O) groups excluding carboxylic acids is 1. The summed E-state index contributed by atoms with van der Waals surface area (Å²) in [6, 6.07) is 0. The maximum absolute atomic E-state index is 11.0. The molecule has 0 atom stereocenters.